The lowest BCUT2D eigenvalue weighted by Crippen LogP contribution is -2.52. The summed E-state index contributed by atoms with van der Waals surface area (Å²) >= 11 is 6.04. The van der Waals surface area contributed by atoms with Gasteiger partial charge in [-0.15, -0.1) is 0 Å². The second-order valence-corrected chi connectivity index (χ2v) is 7.53. The minimum Gasteiger partial charge on any atom is -0.497 e. The Hall–Kier alpha value is -3.26. The number of benzene rings is 2. The Kier molecular flexibility index (Phi) is 6.57. The Balaban J connectivity index is 1.32. The van der Waals surface area contributed by atoms with Crippen LogP contribution < -0.4 is 15.0 Å². The predicted molar refractivity (Wildman–Crippen MR) is 122 cm³/mol. The van der Waals surface area contributed by atoms with Gasteiger partial charge in [0.1, 0.15) is 5.75 Å². The van der Waals surface area contributed by atoms with Crippen molar-refractivity contribution < 1.29 is 9.26 Å². The van der Waals surface area contributed by atoms with Crippen molar-refractivity contribution in [1.82, 2.24) is 20.4 Å². The van der Waals surface area contributed by atoms with Gasteiger partial charge in [-0.3, -0.25) is 4.99 Å². The minimum atomic E-state index is 0.399. The monoisotopic (exact) mass is 440 g/mol. The van der Waals surface area contributed by atoms with Crippen molar-refractivity contribution in [3.05, 3.63) is 59.4 Å². The molecule has 0 spiro atoms. The van der Waals surface area contributed by atoms with Crippen LogP contribution in [0.15, 0.2) is 58.0 Å². The fourth-order valence-electron chi connectivity index (χ4n) is 3.54. The lowest BCUT2D eigenvalue weighted by atomic mass is 10.2. The van der Waals surface area contributed by atoms with Crippen LogP contribution in [0.25, 0.3) is 11.4 Å². The molecule has 0 bridgehead atoms. The smallest absolute Gasteiger partial charge is 0.246 e. The highest BCUT2D eigenvalue weighted by Crippen LogP contribution is 2.22. The first-order valence-electron chi connectivity index (χ1n) is 10.1. The van der Waals surface area contributed by atoms with Gasteiger partial charge in [0.25, 0.3) is 0 Å². The molecule has 8 nitrogen and oxygen atoms in total. The molecule has 4 rings (SSSR count). The summed E-state index contributed by atoms with van der Waals surface area (Å²) in [5, 5.41) is 8.00. The third-order valence-electron chi connectivity index (χ3n) is 5.16. The highest BCUT2D eigenvalue weighted by atomic mass is 35.5. The molecule has 1 aliphatic heterocycles. The molecular formula is C22H25ClN6O2. The van der Waals surface area contributed by atoms with E-state index in [1.54, 1.807) is 14.2 Å². The van der Waals surface area contributed by atoms with Crippen LogP contribution in [0.4, 0.5) is 5.69 Å². The fraction of sp³-hybridized carbons (Fsp3) is 0.318. The summed E-state index contributed by atoms with van der Waals surface area (Å²) < 4.78 is 10.7. The quantitative estimate of drug-likeness (QED) is 0.481. The number of piperazine rings is 1. The number of hydrogen-bond donors (Lipinski definition) is 1. The topological polar surface area (TPSA) is 79.0 Å². The molecule has 1 saturated heterocycles. The van der Waals surface area contributed by atoms with Crippen LogP contribution in [-0.4, -0.2) is 61.3 Å². The van der Waals surface area contributed by atoms with E-state index in [0.29, 0.717) is 23.3 Å². The predicted octanol–water partition coefficient (Wildman–Crippen LogP) is 3.30. The van der Waals surface area contributed by atoms with Crippen LogP contribution in [0.5, 0.6) is 5.75 Å². The van der Waals surface area contributed by atoms with Gasteiger partial charge in [-0.2, -0.15) is 4.98 Å². The van der Waals surface area contributed by atoms with Gasteiger partial charge in [0.05, 0.1) is 13.7 Å². The van der Waals surface area contributed by atoms with Crippen LogP contribution in [0, 0.1) is 0 Å². The zero-order valence-corrected chi connectivity index (χ0v) is 18.3. The average molecular weight is 441 g/mol. The van der Waals surface area contributed by atoms with Gasteiger partial charge in [-0.1, -0.05) is 35.0 Å². The van der Waals surface area contributed by atoms with Crippen molar-refractivity contribution in [2.24, 2.45) is 4.99 Å². The molecule has 0 aliphatic carbocycles. The molecule has 0 unspecified atom stereocenters. The Bertz CT molecular complexity index is 1050. The number of ether oxygens (including phenoxy) is 1. The summed E-state index contributed by atoms with van der Waals surface area (Å²) in [5.41, 5.74) is 1.99. The molecule has 0 atom stereocenters. The van der Waals surface area contributed by atoms with Crippen molar-refractivity contribution in [3.8, 4) is 17.1 Å². The number of rotatable bonds is 5. The third-order valence-corrected chi connectivity index (χ3v) is 5.39. The van der Waals surface area contributed by atoms with E-state index in [1.807, 2.05) is 36.4 Å². The molecule has 9 heteroatoms. The summed E-state index contributed by atoms with van der Waals surface area (Å²) in [5.74, 6) is 2.69. The van der Waals surface area contributed by atoms with Crippen LogP contribution in [-0.2, 0) is 6.54 Å². The molecule has 0 amide bonds. The van der Waals surface area contributed by atoms with E-state index in [4.69, 9.17) is 20.9 Å². The molecule has 0 saturated carbocycles. The number of methoxy groups -OCH3 is 1. The number of aromatic nitrogens is 2. The molecule has 0 radical (unpaired) electrons. The Morgan fingerprint density at radius 3 is 2.71 bits per heavy atom. The van der Waals surface area contributed by atoms with E-state index in [0.717, 1.165) is 43.5 Å². The van der Waals surface area contributed by atoms with E-state index in [9.17, 15) is 0 Å². The maximum atomic E-state index is 6.04. The van der Waals surface area contributed by atoms with E-state index in [-0.39, 0.29) is 0 Å². The van der Waals surface area contributed by atoms with E-state index in [2.05, 4.69) is 42.4 Å². The summed E-state index contributed by atoms with van der Waals surface area (Å²) in [6.45, 7) is 3.90. The number of guanidine groups is 1. The number of nitrogens with one attached hydrogen (secondary N) is 1. The summed E-state index contributed by atoms with van der Waals surface area (Å²) in [6.07, 6.45) is 0. The van der Waals surface area contributed by atoms with Gasteiger partial charge < -0.3 is 24.4 Å². The Morgan fingerprint density at radius 1 is 1.16 bits per heavy atom. The van der Waals surface area contributed by atoms with Gasteiger partial charge in [0.2, 0.25) is 11.7 Å². The number of nitrogens with zero attached hydrogens (tertiary/aromatic N) is 5. The maximum Gasteiger partial charge on any atom is 0.246 e. The number of aliphatic imine (C=N–C) groups is 1. The van der Waals surface area contributed by atoms with Crippen LogP contribution in [0.1, 0.15) is 5.89 Å². The first-order valence-corrected chi connectivity index (χ1v) is 10.5. The second-order valence-electron chi connectivity index (χ2n) is 7.10. The lowest BCUT2D eigenvalue weighted by molar-refractivity contribution is 0.355. The van der Waals surface area contributed by atoms with Crippen molar-refractivity contribution in [2.45, 2.75) is 6.54 Å². The van der Waals surface area contributed by atoms with Crippen molar-refractivity contribution in [1.29, 1.82) is 0 Å². The largest absolute Gasteiger partial charge is 0.497 e. The molecule has 162 valence electrons. The van der Waals surface area contributed by atoms with Gasteiger partial charge in [0, 0.05) is 55.6 Å². The average Bonchev–Trinajstić information content (AvgIpc) is 3.29. The molecule has 1 N–H and O–H groups in total. The maximum absolute atomic E-state index is 6.04. The van der Waals surface area contributed by atoms with Crippen LogP contribution >= 0.6 is 11.6 Å². The highest BCUT2D eigenvalue weighted by molar-refractivity contribution is 6.30. The molecule has 31 heavy (non-hydrogen) atoms. The number of halogens is 1. The molecule has 2 aromatic carbocycles. The number of hydrogen-bond acceptors (Lipinski definition) is 6. The molecule has 2 heterocycles. The SMILES string of the molecule is CN=C(NCc1nc(-c2cccc(Cl)c2)no1)N1CCN(c2cccc(OC)c2)CC1. The number of anilines is 1. The molecular weight excluding hydrogens is 416 g/mol. The standard InChI is InChI=1S/C22H25ClN6O2/c1-24-22(25-15-20-26-21(27-31-20)16-5-3-6-17(23)13-16)29-11-9-28(10-12-29)18-7-4-8-19(14-18)30-2/h3-8,13-14H,9-12,15H2,1-2H3,(H,24,25). The van der Waals surface area contributed by atoms with Gasteiger partial charge in [0.15, 0.2) is 5.96 Å². The fourth-order valence-corrected chi connectivity index (χ4v) is 3.73. The second kappa shape index (κ2) is 9.70. The van der Waals surface area contributed by atoms with Crippen LogP contribution in [0.2, 0.25) is 5.02 Å². The van der Waals surface area contributed by atoms with E-state index < -0.39 is 0 Å². The minimum absolute atomic E-state index is 0.399. The van der Waals surface area contributed by atoms with E-state index in [1.165, 1.54) is 5.69 Å². The zero-order valence-electron chi connectivity index (χ0n) is 17.6. The summed E-state index contributed by atoms with van der Waals surface area (Å²) in [7, 11) is 3.47. The lowest BCUT2D eigenvalue weighted by Gasteiger charge is -2.37. The Labute approximate surface area is 186 Å². The van der Waals surface area contributed by atoms with E-state index >= 15 is 0 Å². The zero-order chi connectivity index (χ0) is 21.6. The normalized spacial score (nSPS) is 14.6. The van der Waals surface area contributed by atoms with Gasteiger partial charge >= 0.3 is 0 Å². The molecule has 3 aromatic rings. The molecule has 1 aliphatic rings. The summed E-state index contributed by atoms with van der Waals surface area (Å²) in [4.78, 5) is 13.4. The Morgan fingerprint density at radius 2 is 1.97 bits per heavy atom. The first-order chi connectivity index (χ1) is 15.2. The molecule has 1 fully saturated rings. The summed E-state index contributed by atoms with van der Waals surface area (Å²) in [6, 6.07) is 15.5. The van der Waals surface area contributed by atoms with Crippen molar-refractivity contribution in [3.63, 3.8) is 0 Å². The third kappa shape index (κ3) is 5.08. The highest BCUT2D eigenvalue weighted by Gasteiger charge is 2.20. The van der Waals surface area contributed by atoms with Gasteiger partial charge in [-0.25, -0.2) is 0 Å². The van der Waals surface area contributed by atoms with Gasteiger partial charge in [-0.05, 0) is 24.3 Å². The molecule has 1 aromatic heterocycles. The van der Waals surface area contributed by atoms with Crippen molar-refractivity contribution in [2.75, 3.05) is 45.2 Å². The van der Waals surface area contributed by atoms with Crippen LogP contribution in [0.3, 0.4) is 0 Å². The first kappa shape index (κ1) is 21.0. The van der Waals surface area contributed by atoms with Crippen molar-refractivity contribution >= 4 is 23.2 Å².